The smallest absolute Gasteiger partial charge is 0.263 e. The predicted octanol–water partition coefficient (Wildman–Crippen LogP) is 1.96. The maximum absolute atomic E-state index is 13.7. The molecule has 1 saturated heterocycles. The molecular formula is C13H10ClFN2O3. The van der Waals surface area contributed by atoms with Crippen LogP contribution in [0.2, 0.25) is 5.02 Å². The first-order valence-electron chi connectivity index (χ1n) is 5.68. The van der Waals surface area contributed by atoms with Gasteiger partial charge in [0.2, 0.25) is 0 Å². The van der Waals surface area contributed by atoms with Crippen LogP contribution in [-0.2, 0) is 16.1 Å². The highest BCUT2D eigenvalue weighted by Crippen LogP contribution is 2.23. The lowest BCUT2D eigenvalue weighted by Crippen LogP contribution is -2.33. The average Bonchev–Trinajstić information content (AvgIpc) is 2.60. The SMILES string of the molecule is C=CCN1C(=O)C(=O)N(Cc2c(F)cccc2Cl)C1=O. The fraction of sp³-hybridized carbons (Fsp3) is 0.154. The maximum Gasteiger partial charge on any atom is 0.334 e. The molecule has 20 heavy (non-hydrogen) atoms. The van der Waals surface area contributed by atoms with E-state index in [4.69, 9.17) is 11.6 Å². The van der Waals surface area contributed by atoms with Gasteiger partial charge in [0.05, 0.1) is 6.54 Å². The van der Waals surface area contributed by atoms with Crippen molar-refractivity contribution in [2.75, 3.05) is 6.54 Å². The largest absolute Gasteiger partial charge is 0.334 e. The van der Waals surface area contributed by atoms with Gasteiger partial charge in [-0.25, -0.2) is 9.18 Å². The van der Waals surface area contributed by atoms with Gasteiger partial charge in [0, 0.05) is 17.1 Å². The second kappa shape index (κ2) is 5.42. The van der Waals surface area contributed by atoms with Crippen LogP contribution < -0.4 is 0 Å². The third kappa shape index (κ3) is 2.30. The number of amides is 4. The number of hydrogen-bond acceptors (Lipinski definition) is 3. The van der Waals surface area contributed by atoms with Crippen molar-refractivity contribution in [1.82, 2.24) is 9.80 Å². The maximum atomic E-state index is 13.7. The summed E-state index contributed by atoms with van der Waals surface area (Å²) in [5, 5.41) is 0.0835. The zero-order valence-corrected chi connectivity index (χ0v) is 11.1. The normalized spacial score (nSPS) is 15.2. The molecule has 1 aliphatic rings. The number of rotatable bonds is 4. The molecule has 0 unspecified atom stereocenters. The summed E-state index contributed by atoms with van der Waals surface area (Å²) in [6, 6.07) is 3.20. The van der Waals surface area contributed by atoms with E-state index >= 15 is 0 Å². The first-order valence-corrected chi connectivity index (χ1v) is 6.06. The third-order valence-electron chi connectivity index (χ3n) is 2.82. The Kier molecular flexibility index (Phi) is 3.85. The second-order valence-corrected chi connectivity index (χ2v) is 4.49. The van der Waals surface area contributed by atoms with E-state index < -0.39 is 23.7 Å². The van der Waals surface area contributed by atoms with Gasteiger partial charge in [-0.15, -0.1) is 6.58 Å². The number of benzene rings is 1. The summed E-state index contributed by atoms with van der Waals surface area (Å²) in [6.07, 6.45) is 1.32. The first-order chi connectivity index (χ1) is 9.47. The fourth-order valence-corrected chi connectivity index (χ4v) is 2.04. The summed E-state index contributed by atoms with van der Waals surface area (Å²) in [6.45, 7) is 2.93. The van der Waals surface area contributed by atoms with Crippen molar-refractivity contribution >= 4 is 29.4 Å². The van der Waals surface area contributed by atoms with Crippen LogP contribution in [0.3, 0.4) is 0 Å². The molecule has 1 aromatic rings. The second-order valence-electron chi connectivity index (χ2n) is 4.08. The minimum Gasteiger partial charge on any atom is -0.263 e. The van der Waals surface area contributed by atoms with Gasteiger partial charge in [-0.2, -0.15) is 0 Å². The van der Waals surface area contributed by atoms with Gasteiger partial charge in [0.15, 0.2) is 0 Å². The van der Waals surface area contributed by atoms with Gasteiger partial charge in [-0.05, 0) is 12.1 Å². The zero-order valence-electron chi connectivity index (χ0n) is 10.3. The van der Waals surface area contributed by atoms with Crippen LogP contribution in [0.4, 0.5) is 9.18 Å². The van der Waals surface area contributed by atoms with Crippen molar-refractivity contribution in [1.29, 1.82) is 0 Å². The molecule has 0 atom stereocenters. The Balaban J connectivity index is 2.30. The van der Waals surface area contributed by atoms with E-state index in [-0.39, 0.29) is 23.7 Å². The van der Waals surface area contributed by atoms with Crippen molar-refractivity contribution < 1.29 is 18.8 Å². The molecule has 0 radical (unpaired) electrons. The standard InChI is InChI=1S/C13H10ClFN2O3/c1-2-6-16-11(18)12(19)17(13(16)20)7-8-9(14)4-3-5-10(8)15/h2-5H,1,6-7H2. The van der Waals surface area contributed by atoms with Crippen molar-refractivity contribution in [3.05, 3.63) is 47.3 Å². The molecule has 7 heteroatoms. The van der Waals surface area contributed by atoms with E-state index in [2.05, 4.69) is 6.58 Å². The number of urea groups is 1. The minimum atomic E-state index is -1.00. The highest BCUT2D eigenvalue weighted by Gasteiger charge is 2.44. The Morgan fingerprint density at radius 1 is 1.20 bits per heavy atom. The van der Waals surface area contributed by atoms with Crippen LogP contribution >= 0.6 is 11.6 Å². The van der Waals surface area contributed by atoms with Gasteiger partial charge in [0.1, 0.15) is 5.82 Å². The Labute approximate surface area is 119 Å². The molecule has 1 aliphatic heterocycles. The molecule has 1 heterocycles. The molecule has 0 aromatic heterocycles. The van der Waals surface area contributed by atoms with Crippen molar-refractivity contribution in [3.8, 4) is 0 Å². The molecule has 1 fully saturated rings. The summed E-state index contributed by atoms with van der Waals surface area (Å²) >= 11 is 5.83. The van der Waals surface area contributed by atoms with Gasteiger partial charge in [-0.3, -0.25) is 19.4 Å². The summed E-state index contributed by atoms with van der Waals surface area (Å²) in [7, 11) is 0. The Hall–Kier alpha value is -2.21. The van der Waals surface area contributed by atoms with Crippen LogP contribution in [0.15, 0.2) is 30.9 Å². The van der Waals surface area contributed by atoms with E-state index in [1.54, 1.807) is 0 Å². The number of carbonyl (C=O) groups is 3. The fourth-order valence-electron chi connectivity index (χ4n) is 1.82. The monoisotopic (exact) mass is 296 g/mol. The molecule has 1 aromatic carbocycles. The van der Waals surface area contributed by atoms with Crippen LogP contribution in [0.5, 0.6) is 0 Å². The Bertz CT molecular complexity index is 597. The Morgan fingerprint density at radius 2 is 1.85 bits per heavy atom. The molecule has 0 N–H and O–H groups in total. The van der Waals surface area contributed by atoms with E-state index in [0.717, 1.165) is 11.0 Å². The zero-order chi connectivity index (χ0) is 14.9. The molecule has 0 bridgehead atoms. The van der Waals surface area contributed by atoms with Crippen molar-refractivity contribution in [2.24, 2.45) is 0 Å². The van der Waals surface area contributed by atoms with Crippen molar-refractivity contribution in [3.63, 3.8) is 0 Å². The summed E-state index contributed by atoms with van der Waals surface area (Å²) < 4.78 is 13.7. The summed E-state index contributed by atoms with van der Waals surface area (Å²) in [4.78, 5) is 36.7. The molecular weight excluding hydrogens is 287 g/mol. The third-order valence-corrected chi connectivity index (χ3v) is 3.18. The summed E-state index contributed by atoms with van der Waals surface area (Å²) in [5.41, 5.74) is -0.0101. The predicted molar refractivity (Wildman–Crippen MR) is 69.3 cm³/mol. The van der Waals surface area contributed by atoms with E-state index in [1.807, 2.05) is 0 Å². The van der Waals surface area contributed by atoms with Crippen LogP contribution in [0.25, 0.3) is 0 Å². The topological polar surface area (TPSA) is 57.7 Å². The number of nitrogens with zero attached hydrogens (tertiary/aromatic N) is 2. The number of carbonyl (C=O) groups excluding carboxylic acids is 3. The summed E-state index contributed by atoms with van der Waals surface area (Å²) in [5.74, 6) is -2.61. The van der Waals surface area contributed by atoms with Gasteiger partial charge in [0.25, 0.3) is 0 Å². The Morgan fingerprint density at radius 3 is 2.45 bits per heavy atom. The molecule has 2 rings (SSSR count). The van der Waals surface area contributed by atoms with Crippen LogP contribution in [-0.4, -0.2) is 34.2 Å². The molecule has 5 nitrogen and oxygen atoms in total. The molecule has 4 amide bonds. The van der Waals surface area contributed by atoms with E-state index in [0.29, 0.717) is 4.90 Å². The highest BCUT2D eigenvalue weighted by atomic mass is 35.5. The quantitative estimate of drug-likeness (QED) is 0.485. The molecule has 104 valence electrons. The average molecular weight is 297 g/mol. The minimum absolute atomic E-state index is 0.0101. The van der Waals surface area contributed by atoms with Gasteiger partial charge < -0.3 is 0 Å². The lowest BCUT2D eigenvalue weighted by molar-refractivity contribution is -0.143. The van der Waals surface area contributed by atoms with Crippen molar-refractivity contribution in [2.45, 2.75) is 6.54 Å². The number of hydrogen-bond donors (Lipinski definition) is 0. The molecule has 0 saturated carbocycles. The van der Waals surface area contributed by atoms with E-state index in [1.165, 1.54) is 18.2 Å². The lowest BCUT2D eigenvalue weighted by atomic mass is 10.2. The molecule has 0 spiro atoms. The van der Waals surface area contributed by atoms with Gasteiger partial charge in [-0.1, -0.05) is 23.7 Å². The van der Waals surface area contributed by atoms with Gasteiger partial charge >= 0.3 is 17.8 Å². The number of imide groups is 2. The molecule has 0 aliphatic carbocycles. The van der Waals surface area contributed by atoms with Crippen LogP contribution in [0.1, 0.15) is 5.56 Å². The van der Waals surface area contributed by atoms with E-state index in [9.17, 15) is 18.8 Å². The lowest BCUT2D eigenvalue weighted by Gasteiger charge is -2.15. The number of halogens is 2. The van der Waals surface area contributed by atoms with Crippen LogP contribution in [0, 0.1) is 5.82 Å². The highest BCUT2D eigenvalue weighted by molar-refractivity contribution is 6.44. The first kappa shape index (κ1) is 14.2.